The van der Waals surface area contributed by atoms with E-state index >= 15 is 0 Å². The Balaban J connectivity index is 2.27. The van der Waals surface area contributed by atoms with Crippen molar-refractivity contribution >= 4 is 11.8 Å². The second-order valence-corrected chi connectivity index (χ2v) is 6.13. The molecule has 0 radical (unpaired) electrons. The molecule has 94 valence electrons. The van der Waals surface area contributed by atoms with Crippen LogP contribution in [0.2, 0.25) is 0 Å². The lowest BCUT2D eigenvalue weighted by atomic mass is 9.97. The van der Waals surface area contributed by atoms with Crippen LogP contribution in [0.15, 0.2) is 18.2 Å². The third-order valence-corrected chi connectivity index (χ3v) is 4.45. The fourth-order valence-electron chi connectivity index (χ4n) is 2.29. The van der Waals surface area contributed by atoms with Gasteiger partial charge >= 0.3 is 0 Å². The fourth-order valence-corrected chi connectivity index (χ4v) is 3.35. The standard InChI is InChI=1S/C14H20FNS/c1-3-6-16-14-7-10(2)17-9-11-4-5-12(15)8-13(11)14/h4-5,8,10,14,16H,3,6-7,9H2,1-2H3. The minimum atomic E-state index is -0.119. The third kappa shape index (κ3) is 3.23. The van der Waals surface area contributed by atoms with E-state index in [-0.39, 0.29) is 5.82 Å². The van der Waals surface area contributed by atoms with E-state index in [4.69, 9.17) is 0 Å². The lowest BCUT2D eigenvalue weighted by molar-refractivity contribution is 0.496. The summed E-state index contributed by atoms with van der Waals surface area (Å²) in [7, 11) is 0. The summed E-state index contributed by atoms with van der Waals surface area (Å²) in [6, 6.07) is 5.54. The summed E-state index contributed by atoms with van der Waals surface area (Å²) in [5, 5.41) is 4.17. The monoisotopic (exact) mass is 253 g/mol. The molecule has 1 nitrogen and oxygen atoms in total. The zero-order valence-corrected chi connectivity index (χ0v) is 11.3. The lowest BCUT2D eigenvalue weighted by Crippen LogP contribution is -2.24. The summed E-state index contributed by atoms with van der Waals surface area (Å²) in [6.07, 6.45) is 2.20. The van der Waals surface area contributed by atoms with Crippen molar-refractivity contribution in [2.24, 2.45) is 0 Å². The quantitative estimate of drug-likeness (QED) is 0.877. The molecule has 0 saturated heterocycles. The van der Waals surface area contributed by atoms with Crippen molar-refractivity contribution in [3.63, 3.8) is 0 Å². The van der Waals surface area contributed by atoms with E-state index in [9.17, 15) is 4.39 Å². The van der Waals surface area contributed by atoms with Crippen LogP contribution >= 0.6 is 11.8 Å². The molecule has 1 heterocycles. The SMILES string of the molecule is CCCNC1CC(C)SCc2ccc(F)cc21. The van der Waals surface area contributed by atoms with Crippen LogP contribution in [0.25, 0.3) is 0 Å². The molecule has 0 spiro atoms. The normalized spacial score (nSPS) is 24.2. The molecule has 0 aliphatic carbocycles. The van der Waals surface area contributed by atoms with Gasteiger partial charge in [0.25, 0.3) is 0 Å². The highest BCUT2D eigenvalue weighted by Crippen LogP contribution is 2.35. The summed E-state index contributed by atoms with van der Waals surface area (Å²) in [5.74, 6) is 0.882. The van der Waals surface area contributed by atoms with Crippen LogP contribution < -0.4 is 5.32 Å². The van der Waals surface area contributed by atoms with Gasteiger partial charge in [-0.3, -0.25) is 0 Å². The number of nitrogens with one attached hydrogen (secondary N) is 1. The van der Waals surface area contributed by atoms with Gasteiger partial charge in [-0.15, -0.1) is 0 Å². The predicted molar refractivity (Wildman–Crippen MR) is 72.8 cm³/mol. The zero-order valence-electron chi connectivity index (χ0n) is 10.5. The van der Waals surface area contributed by atoms with E-state index in [2.05, 4.69) is 19.2 Å². The van der Waals surface area contributed by atoms with Gasteiger partial charge in [0.15, 0.2) is 0 Å². The molecular weight excluding hydrogens is 233 g/mol. The second kappa shape index (κ2) is 5.87. The lowest BCUT2D eigenvalue weighted by Gasteiger charge is -2.20. The summed E-state index contributed by atoms with van der Waals surface area (Å²) >= 11 is 1.96. The maximum absolute atomic E-state index is 13.4. The van der Waals surface area contributed by atoms with Gasteiger partial charge in [0.2, 0.25) is 0 Å². The smallest absolute Gasteiger partial charge is 0.123 e. The van der Waals surface area contributed by atoms with Crippen LogP contribution in [0.5, 0.6) is 0 Å². The molecule has 0 aromatic heterocycles. The topological polar surface area (TPSA) is 12.0 Å². The van der Waals surface area contributed by atoms with Crippen molar-refractivity contribution < 1.29 is 4.39 Å². The van der Waals surface area contributed by atoms with Crippen molar-refractivity contribution in [1.82, 2.24) is 5.32 Å². The minimum absolute atomic E-state index is 0.119. The molecule has 2 unspecified atom stereocenters. The van der Waals surface area contributed by atoms with Gasteiger partial charge in [-0.1, -0.05) is 19.9 Å². The van der Waals surface area contributed by atoms with E-state index < -0.39 is 0 Å². The summed E-state index contributed by atoms with van der Waals surface area (Å²) in [4.78, 5) is 0. The van der Waals surface area contributed by atoms with Gasteiger partial charge in [-0.05, 0) is 42.6 Å². The number of fused-ring (bicyclic) bond motifs is 1. The Morgan fingerprint density at radius 2 is 2.29 bits per heavy atom. The van der Waals surface area contributed by atoms with Crippen molar-refractivity contribution in [3.8, 4) is 0 Å². The van der Waals surface area contributed by atoms with Gasteiger partial charge in [-0.25, -0.2) is 4.39 Å². The van der Waals surface area contributed by atoms with E-state index in [1.54, 1.807) is 12.1 Å². The average Bonchev–Trinajstić information content (AvgIpc) is 2.47. The van der Waals surface area contributed by atoms with Gasteiger partial charge in [-0.2, -0.15) is 11.8 Å². The Kier molecular flexibility index (Phi) is 4.46. The Hall–Kier alpha value is -0.540. The molecular formula is C14H20FNS. The van der Waals surface area contributed by atoms with Crippen molar-refractivity contribution in [2.45, 2.75) is 43.7 Å². The largest absolute Gasteiger partial charge is 0.310 e. The maximum atomic E-state index is 13.4. The first kappa shape index (κ1) is 12.9. The Bertz CT molecular complexity index is 380. The predicted octanol–water partition coefficient (Wildman–Crippen LogP) is 3.89. The minimum Gasteiger partial charge on any atom is -0.310 e. The van der Waals surface area contributed by atoms with E-state index in [0.29, 0.717) is 11.3 Å². The van der Waals surface area contributed by atoms with Gasteiger partial charge in [0.05, 0.1) is 0 Å². The molecule has 2 rings (SSSR count). The first-order chi connectivity index (χ1) is 8.20. The average molecular weight is 253 g/mol. The number of thioether (sulfide) groups is 1. The zero-order chi connectivity index (χ0) is 12.3. The molecule has 17 heavy (non-hydrogen) atoms. The molecule has 0 saturated carbocycles. The summed E-state index contributed by atoms with van der Waals surface area (Å²) in [5.41, 5.74) is 2.45. The van der Waals surface area contributed by atoms with Gasteiger partial charge in [0, 0.05) is 17.0 Å². The van der Waals surface area contributed by atoms with Crippen LogP contribution in [-0.4, -0.2) is 11.8 Å². The Labute approximate surface area is 107 Å². The Morgan fingerprint density at radius 1 is 1.47 bits per heavy atom. The molecule has 0 fully saturated rings. The van der Waals surface area contributed by atoms with Crippen LogP contribution in [0, 0.1) is 5.82 Å². The van der Waals surface area contributed by atoms with Crippen molar-refractivity contribution in [2.75, 3.05) is 6.54 Å². The molecule has 1 aromatic carbocycles. The first-order valence-electron chi connectivity index (χ1n) is 6.34. The summed E-state index contributed by atoms with van der Waals surface area (Å²) in [6.45, 7) is 5.42. The van der Waals surface area contributed by atoms with E-state index in [1.165, 1.54) is 5.56 Å². The Morgan fingerprint density at radius 3 is 3.06 bits per heavy atom. The van der Waals surface area contributed by atoms with Gasteiger partial charge in [0.1, 0.15) is 5.82 Å². The molecule has 1 N–H and O–H groups in total. The molecule has 0 amide bonds. The highest BCUT2D eigenvalue weighted by Gasteiger charge is 2.22. The number of halogens is 1. The molecule has 1 aliphatic heterocycles. The second-order valence-electron chi connectivity index (χ2n) is 4.71. The van der Waals surface area contributed by atoms with Crippen LogP contribution in [0.3, 0.4) is 0 Å². The third-order valence-electron chi connectivity index (χ3n) is 3.22. The number of benzene rings is 1. The summed E-state index contributed by atoms with van der Waals surface area (Å²) < 4.78 is 13.4. The molecule has 0 bridgehead atoms. The molecule has 3 heteroatoms. The van der Waals surface area contributed by atoms with E-state index in [1.807, 2.05) is 17.8 Å². The first-order valence-corrected chi connectivity index (χ1v) is 7.39. The highest BCUT2D eigenvalue weighted by molar-refractivity contribution is 7.99. The number of rotatable bonds is 3. The van der Waals surface area contributed by atoms with Gasteiger partial charge < -0.3 is 5.32 Å². The molecule has 1 aromatic rings. The van der Waals surface area contributed by atoms with Crippen LogP contribution in [0.4, 0.5) is 4.39 Å². The van der Waals surface area contributed by atoms with Crippen LogP contribution in [-0.2, 0) is 5.75 Å². The highest BCUT2D eigenvalue weighted by atomic mass is 32.2. The molecule has 1 aliphatic rings. The van der Waals surface area contributed by atoms with Crippen molar-refractivity contribution in [3.05, 3.63) is 35.1 Å². The number of hydrogen-bond acceptors (Lipinski definition) is 2. The molecule has 2 atom stereocenters. The number of hydrogen-bond donors (Lipinski definition) is 1. The van der Waals surface area contributed by atoms with E-state index in [0.717, 1.165) is 30.7 Å². The van der Waals surface area contributed by atoms with Crippen LogP contribution in [0.1, 0.15) is 43.9 Å². The fraction of sp³-hybridized carbons (Fsp3) is 0.571. The maximum Gasteiger partial charge on any atom is 0.123 e. The van der Waals surface area contributed by atoms with Crippen molar-refractivity contribution in [1.29, 1.82) is 0 Å².